The molecule has 0 saturated carbocycles. The number of carbonyl (C=O) groups excluding carboxylic acids is 2. The van der Waals surface area contributed by atoms with Gasteiger partial charge in [0, 0.05) is 30.9 Å². The molecule has 5 heteroatoms. The lowest BCUT2D eigenvalue weighted by molar-refractivity contribution is -0.126. The molecule has 0 aliphatic carbocycles. The Kier molecular flexibility index (Phi) is 8.45. The molecule has 0 bridgehead atoms. The standard InChI is InChI=1S/C21H33N3O2/c1-3-5-6-13-20(25)23-19(10-4-2)21(26)22-17-11-9-12-18(16-17)24-14-7-8-15-24/h9,11-12,16,19H,3-8,10,13-15H2,1-2H3,(H,22,26)(H,23,25). The fraction of sp³-hybridized carbons (Fsp3) is 0.619. The third-order valence-electron chi connectivity index (χ3n) is 4.82. The number of hydrogen-bond donors (Lipinski definition) is 2. The van der Waals surface area contributed by atoms with Crippen LogP contribution in [-0.4, -0.2) is 30.9 Å². The van der Waals surface area contributed by atoms with E-state index in [-0.39, 0.29) is 11.8 Å². The van der Waals surface area contributed by atoms with Crippen molar-refractivity contribution in [2.24, 2.45) is 0 Å². The highest BCUT2D eigenvalue weighted by atomic mass is 16.2. The van der Waals surface area contributed by atoms with E-state index in [1.807, 2.05) is 25.1 Å². The number of carbonyl (C=O) groups is 2. The van der Waals surface area contributed by atoms with Gasteiger partial charge in [0.25, 0.3) is 0 Å². The molecular formula is C21H33N3O2. The van der Waals surface area contributed by atoms with Crippen LogP contribution < -0.4 is 15.5 Å². The first-order chi connectivity index (χ1) is 12.6. The SMILES string of the molecule is CCCCCC(=O)NC(CCC)C(=O)Nc1cccc(N2CCCC2)c1. The lowest BCUT2D eigenvalue weighted by atomic mass is 10.1. The molecule has 144 valence electrons. The Morgan fingerprint density at radius 2 is 1.88 bits per heavy atom. The molecule has 2 rings (SSSR count). The van der Waals surface area contributed by atoms with Gasteiger partial charge in [0.1, 0.15) is 6.04 Å². The molecule has 1 unspecified atom stereocenters. The van der Waals surface area contributed by atoms with E-state index in [0.717, 1.165) is 50.1 Å². The fourth-order valence-corrected chi connectivity index (χ4v) is 3.34. The smallest absolute Gasteiger partial charge is 0.246 e. The van der Waals surface area contributed by atoms with Crippen molar-refractivity contribution < 1.29 is 9.59 Å². The van der Waals surface area contributed by atoms with Gasteiger partial charge in [0.2, 0.25) is 11.8 Å². The summed E-state index contributed by atoms with van der Waals surface area (Å²) in [5.41, 5.74) is 1.94. The van der Waals surface area contributed by atoms with Gasteiger partial charge in [-0.15, -0.1) is 0 Å². The van der Waals surface area contributed by atoms with E-state index in [0.29, 0.717) is 12.8 Å². The second-order valence-corrected chi connectivity index (χ2v) is 7.10. The Morgan fingerprint density at radius 1 is 1.12 bits per heavy atom. The molecule has 2 N–H and O–H groups in total. The molecule has 1 fully saturated rings. The van der Waals surface area contributed by atoms with E-state index in [1.54, 1.807) is 0 Å². The van der Waals surface area contributed by atoms with Gasteiger partial charge in [-0.2, -0.15) is 0 Å². The van der Waals surface area contributed by atoms with E-state index in [4.69, 9.17) is 0 Å². The number of amides is 2. The van der Waals surface area contributed by atoms with Gasteiger partial charge in [-0.25, -0.2) is 0 Å². The van der Waals surface area contributed by atoms with Crippen LogP contribution in [0.1, 0.15) is 65.2 Å². The predicted octanol–water partition coefficient (Wildman–Crippen LogP) is 4.09. The van der Waals surface area contributed by atoms with Crippen LogP contribution in [0.2, 0.25) is 0 Å². The topological polar surface area (TPSA) is 61.4 Å². The Morgan fingerprint density at radius 3 is 2.58 bits per heavy atom. The number of nitrogens with one attached hydrogen (secondary N) is 2. The van der Waals surface area contributed by atoms with Crippen molar-refractivity contribution in [2.45, 2.75) is 71.3 Å². The van der Waals surface area contributed by atoms with Crippen molar-refractivity contribution in [2.75, 3.05) is 23.3 Å². The van der Waals surface area contributed by atoms with Crippen molar-refractivity contribution in [3.63, 3.8) is 0 Å². The predicted molar refractivity (Wildman–Crippen MR) is 107 cm³/mol. The van der Waals surface area contributed by atoms with Crippen LogP contribution in [0.5, 0.6) is 0 Å². The zero-order valence-corrected chi connectivity index (χ0v) is 16.2. The zero-order chi connectivity index (χ0) is 18.8. The summed E-state index contributed by atoms with van der Waals surface area (Å²) in [6, 6.07) is 7.52. The summed E-state index contributed by atoms with van der Waals surface area (Å²) >= 11 is 0. The van der Waals surface area contributed by atoms with Gasteiger partial charge in [-0.05, 0) is 43.9 Å². The number of unbranched alkanes of at least 4 members (excludes halogenated alkanes) is 2. The minimum absolute atomic E-state index is 0.0298. The number of rotatable bonds is 10. The van der Waals surface area contributed by atoms with Crippen LogP contribution in [0.4, 0.5) is 11.4 Å². The largest absolute Gasteiger partial charge is 0.371 e. The number of nitrogens with zero attached hydrogens (tertiary/aromatic N) is 1. The molecule has 0 spiro atoms. The first-order valence-electron chi connectivity index (χ1n) is 10.1. The third-order valence-corrected chi connectivity index (χ3v) is 4.82. The molecule has 1 aromatic carbocycles. The number of hydrogen-bond acceptors (Lipinski definition) is 3. The molecule has 1 aliphatic rings. The summed E-state index contributed by atoms with van der Waals surface area (Å²) in [6.45, 7) is 6.28. The second kappa shape index (κ2) is 10.8. The summed E-state index contributed by atoms with van der Waals surface area (Å²) < 4.78 is 0. The van der Waals surface area contributed by atoms with Gasteiger partial charge < -0.3 is 15.5 Å². The summed E-state index contributed by atoms with van der Waals surface area (Å²) in [5.74, 6) is -0.160. The minimum atomic E-state index is -0.468. The van der Waals surface area contributed by atoms with E-state index in [2.05, 4.69) is 28.5 Å². The summed E-state index contributed by atoms with van der Waals surface area (Å²) in [4.78, 5) is 27.1. The molecule has 26 heavy (non-hydrogen) atoms. The van der Waals surface area contributed by atoms with Crippen molar-refractivity contribution >= 4 is 23.2 Å². The van der Waals surface area contributed by atoms with Gasteiger partial charge in [0.05, 0.1) is 0 Å². The summed E-state index contributed by atoms with van der Waals surface area (Å²) in [6.07, 6.45) is 7.43. The second-order valence-electron chi connectivity index (χ2n) is 7.10. The monoisotopic (exact) mass is 359 g/mol. The first-order valence-corrected chi connectivity index (χ1v) is 10.1. The van der Waals surface area contributed by atoms with Crippen molar-refractivity contribution in [1.29, 1.82) is 0 Å². The molecule has 0 radical (unpaired) electrons. The summed E-state index contributed by atoms with van der Waals surface area (Å²) in [7, 11) is 0. The zero-order valence-electron chi connectivity index (χ0n) is 16.2. The maximum absolute atomic E-state index is 12.7. The van der Waals surface area contributed by atoms with Crippen molar-refractivity contribution in [3.8, 4) is 0 Å². The van der Waals surface area contributed by atoms with Gasteiger partial charge in [0.15, 0.2) is 0 Å². The Bertz CT molecular complexity index is 582. The molecule has 1 aliphatic heterocycles. The molecule has 1 atom stereocenters. The Hall–Kier alpha value is -2.04. The van der Waals surface area contributed by atoms with Crippen LogP contribution in [0.3, 0.4) is 0 Å². The van der Waals surface area contributed by atoms with Crippen molar-refractivity contribution in [3.05, 3.63) is 24.3 Å². The molecule has 1 aromatic rings. The molecule has 5 nitrogen and oxygen atoms in total. The highest BCUT2D eigenvalue weighted by molar-refractivity contribution is 5.97. The minimum Gasteiger partial charge on any atom is -0.371 e. The molecular weight excluding hydrogens is 326 g/mol. The molecule has 0 aromatic heterocycles. The molecule has 2 amide bonds. The van der Waals surface area contributed by atoms with Gasteiger partial charge in [-0.1, -0.05) is 39.2 Å². The highest BCUT2D eigenvalue weighted by Crippen LogP contribution is 2.23. The van der Waals surface area contributed by atoms with Crippen LogP contribution in [0.15, 0.2) is 24.3 Å². The van der Waals surface area contributed by atoms with Crippen LogP contribution >= 0.6 is 0 Å². The third kappa shape index (κ3) is 6.36. The van der Waals surface area contributed by atoms with Crippen molar-refractivity contribution in [1.82, 2.24) is 5.32 Å². The average Bonchev–Trinajstić information content (AvgIpc) is 3.16. The van der Waals surface area contributed by atoms with Gasteiger partial charge >= 0.3 is 0 Å². The van der Waals surface area contributed by atoms with Gasteiger partial charge in [-0.3, -0.25) is 9.59 Å². The van der Waals surface area contributed by atoms with E-state index in [9.17, 15) is 9.59 Å². The maximum Gasteiger partial charge on any atom is 0.246 e. The van der Waals surface area contributed by atoms with Crippen LogP contribution in [-0.2, 0) is 9.59 Å². The fourth-order valence-electron chi connectivity index (χ4n) is 3.34. The highest BCUT2D eigenvalue weighted by Gasteiger charge is 2.20. The molecule has 1 saturated heterocycles. The van der Waals surface area contributed by atoms with Crippen LogP contribution in [0.25, 0.3) is 0 Å². The van der Waals surface area contributed by atoms with Crippen LogP contribution in [0, 0.1) is 0 Å². The lowest BCUT2D eigenvalue weighted by Crippen LogP contribution is -2.43. The van der Waals surface area contributed by atoms with E-state index < -0.39 is 6.04 Å². The Labute approximate surface area is 157 Å². The number of benzene rings is 1. The molecule has 1 heterocycles. The van der Waals surface area contributed by atoms with E-state index in [1.165, 1.54) is 12.8 Å². The lowest BCUT2D eigenvalue weighted by Gasteiger charge is -2.20. The average molecular weight is 360 g/mol. The normalized spacial score (nSPS) is 14.9. The summed E-state index contributed by atoms with van der Waals surface area (Å²) in [5, 5.41) is 5.89. The quantitative estimate of drug-likeness (QED) is 0.619. The Balaban J connectivity index is 1.93. The van der Waals surface area contributed by atoms with E-state index >= 15 is 0 Å². The maximum atomic E-state index is 12.7. The first kappa shape index (κ1) is 20.3. The number of anilines is 2.